The number of benzene rings is 1. The lowest BCUT2D eigenvalue weighted by molar-refractivity contribution is 0.102. The fraction of sp³-hybridized carbons (Fsp3) is 0.357. The van der Waals surface area contributed by atoms with E-state index in [-0.39, 0.29) is 11.9 Å². The molecular weight excluding hydrogens is 307 g/mol. The summed E-state index contributed by atoms with van der Waals surface area (Å²) in [6, 6.07) is 4.60. The van der Waals surface area contributed by atoms with E-state index >= 15 is 0 Å². The van der Waals surface area contributed by atoms with Crippen LogP contribution in [0.25, 0.3) is 0 Å². The number of halogens is 1. The van der Waals surface area contributed by atoms with Crippen molar-refractivity contribution in [1.82, 2.24) is 14.9 Å². The number of ether oxygens (including phenoxy) is 2. The minimum atomic E-state index is -0.443. The third kappa shape index (κ3) is 2.93. The predicted molar refractivity (Wildman–Crippen MR) is 81.3 cm³/mol. The van der Waals surface area contributed by atoms with Gasteiger partial charge in [-0.25, -0.2) is 4.39 Å². The summed E-state index contributed by atoms with van der Waals surface area (Å²) >= 11 is 5.17. The molecule has 0 unspecified atom stereocenters. The molecule has 1 aromatic heterocycles. The molecule has 0 bridgehead atoms. The van der Waals surface area contributed by atoms with Crippen LogP contribution < -0.4 is 4.74 Å². The molecule has 3 rings (SSSR count). The van der Waals surface area contributed by atoms with E-state index in [9.17, 15) is 4.39 Å². The summed E-state index contributed by atoms with van der Waals surface area (Å²) in [6.07, 6.45) is 3.27. The van der Waals surface area contributed by atoms with Gasteiger partial charge < -0.3 is 9.47 Å². The normalized spacial score (nSPS) is 18.2. The molecule has 6 nitrogen and oxygen atoms in total. The molecule has 1 atom stereocenters. The Hall–Kier alpha value is -2.06. The van der Waals surface area contributed by atoms with Gasteiger partial charge in [-0.2, -0.15) is 14.9 Å². The molecule has 116 valence electrons. The lowest BCUT2D eigenvalue weighted by Crippen LogP contribution is -2.05. The molecule has 0 radical (unpaired) electrons. The quantitative estimate of drug-likeness (QED) is 0.694. The van der Waals surface area contributed by atoms with Crippen molar-refractivity contribution >= 4 is 18.4 Å². The van der Waals surface area contributed by atoms with Crippen LogP contribution in [0.5, 0.6) is 5.75 Å². The molecule has 1 aromatic carbocycles. The van der Waals surface area contributed by atoms with Gasteiger partial charge in [0.05, 0.1) is 13.3 Å². The number of hydrogen-bond donors (Lipinski definition) is 1. The summed E-state index contributed by atoms with van der Waals surface area (Å²) in [7, 11) is 1.42. The fourth-order valence-corrected chi connectivity index (χ4v) is 2.48. The molecule has 0 spiro atoms. The number of aromatic nitrogens is 3. The predicted octanol–water partition coefficient (Wildman–Crippen LogP) is 2.82. The Balaban J connectivity index is 1.88. The molecule has 1 saturated heterocycles. The van der Waals surface area contributed by atoms with Gasteiger partial charge in [-0.1, -0.05) is 0 Å². The first kappa shape index (κ1) is 14.9. The van der Waals surface area contributed by atoms with Crippen LogP contribution in [0.3, 0.4) is 0 Å². The molecule has 2 heterocycles. The van der Waals surface area contributed by atoms with Crippen molar-refractivity contribution in [2.24, 2.45) is 5.10 Å². The van der Waals surface area contributed by atoms with Crippen LogP contribution in [0.1, 0.15) is 30.3 Å². The van der Waals surface area contributed by atoms with Crippen molar-refractivity contribution in [2.45, 2.75) is 18.9 Å². The third-order valence-electron chi connectivity index (χ3n) is 3.39. The second-order valence-corrected chi connectivity index (χ2v) is 5.23. The molecule has 1 fully saturated rings. The highest BCUT2D eigenvalue weighted by Crippen LogP contribution is 2.27. The number of methoxy groups -OCH3 is 1. The standard InChI is InChI=1S/C14H15FN4O2S/c1-20-11-5-4-9(7-10(11)15)8-16-19-13(17-18-14(19)22)12-3-2-6-21-12/h4-5,7-8,12H,2-3,6H2,1H3,(H,18,22)/b16-8-/t12-/m1/s1. The van der Waals surface area contributed by atoms with Gasteiger partial charge in [0.2, 0.25) is 4.77 Å². The first-order chi connectivity index (χ1) is 10.7. The number of hydrogen-bond acceptors (Lipinski definition) is 5. The highest BCUT2D eigenvalue weighted by atomic mass is 32.1. The number of H-pyrrole nitrogens is 1. The van der Waals surface area contributed by atoms with E-state index in [1.807, 2.05) is 0 Å². The zero-order valence-electron chi connectivity index (χ0n) is 12.0. The summed E-state index contributed by atoms with van der Waals surface area (Å²) in [5.41, 5.74) is 0.597. The van der Waals surface area contributed by atoms with Gasteiger partial charge in [-0.3, -0.25) is 5.10 Å². The zero-order chi connectivity index (χ0) is 15.5. The number of nitrogens with one attached hydrogen (secondary N) is 1. The van der Waals surface area contributed by atoms with E-state index in [4.69, 9.17) is 21.7 Å². The molecule has 1 N–H and O–H groups in total. The summed E-state index contributed by atoms with van der Waals surface area (Å²) < 4.78 is 26.0. The van der Waals surface area contributed by atoms with Gasteiger partial charge in [0.15, 0.2) is 17.4 Å². The van der Waals surface area contributed by atoms with Gasteiger partial charge in [0.1, 0.15) is 6.10 Å². The maximum Gasteiger partial charge on any atom is 0.216 e. The lowest BCUT2D eigenvalue weighted by atomic mass is 10.2. The largest absolute Gasteiger partial charge is 0.494 e. The summed E-state index contributed by atoms with van der Waals surface area (Å²) in [5, 5.41) is 11.2. The molecule has 2 aromatic rings. The minimum Gasteiger partial charge on any atom is -0.494 e. The van der Waals surface area contributed by atoms with E-state index < -0.39 is 5.82 Å². The molecule has 0 amide bonds. The summed E-state index contributed by atoms with van der Waals surface area (Å²) in [4.78, 5) is 0. The van der Waals surface area contributed by atoms with Crippen molar-refractivity contribution in [1.29, 1.82) is 0 Å². The van der Waals surface area contributed by atoms with E-state index in [1.165, 1.54) is 24.1 Å². The van der Waals surface area contributed by atoms with Gasteiger partial charge in [-0.15, -0.1) is 0 Å². The van der Waals surface area contributed by atoms with Crippen LogP contribution in [-0.2, 0) is 4.74 Å². The van der Waals surface area contributed by atoms with Gasteiger partial charge in [-0.05, 0) is 48.8 Å². The van der Waals surface area contributed by atoms with Crippen LogP contribution >= 0.6 is 12.2 Å². The average molecular weight is 322 g/mol. The maximum atomic E-state index is 13.7. The smallest absolute Gasteiger partial charge is 0.216 e. The molecule has 0 aliphatic carbocycles. The van der Waals surface area contributed by atoms with E-state index in [1.54, 1.807) is 12.1 Å². The molecule has 8 heteroatoms. The first-order valence-corrected chi connectivity index (χ1v) is 7.26. The minimum absolute atomic E-state index is 0.113. The van der Waals surface area contributed by atoms with Crippen molar-refractivity contribution in [3.05, 3.63) is 40.2 Å². The highest BCUT2D eigenvalue weighted by molar-refractivity contribution is 7.71. The second kappa shape index (κ2) is 6.37. The lowest BCUT2D eigenvalue weighted by Gasteiger charge is -2.07. The van der Waals surface area contributed by atoms with Crippen LogP contribution in [0.4, 0.5) is 4.39 Å². The van der Waals surface area contributed by atoms with Crippen molar-refractivity contribution in [3.63, 3.8) is 0 Å². The van der Waals surface area contributed by atoms with E-state index in [0.29, 0.717) is 22.8 Å². The SMILES string of the molecule is COc1ccc(/C=N\n2c([C@H]3CCCO3)n[nH]c2=S)cc1F. The monoisotopic (exact) mass is 322 g/mol. The Morgan fingerprint density at radius 3 is 3.14 bits per heavy atom. The van der Waals surface area contributed by atoms with Crippen molar-refractivity contribution in [2.75, 3.05) is 13.7 Å². The van der Waals surface area contributed by atoms with Crippen molar-refractivity contribution < 1.29 is 13.9 Å². The van der Waals surface area contributed by atoms with Crippen molar-refractivity contribution in [3.8, 4) is 5.75 Å². The molecule has 1 aliphatic rings. The van der Waals surface area contributed by atoms with E-state index in [0.717, 1.165) is 12.8 Å². The Labute approximate surface area is 131 Å². The molecule has 1 aliphatic heterocycles. The van der Waals surface area contributed by atoms with Crippen LogP contribution in [0.15, 0.2) is 23.3 Å². The average Bonchev–Trinajstić information content (AvgIpc) is 3.15. The number of nitrogens with zero attached hydrogens (tertiary/aromatic N) is 3. The Kier molecular flexibility index (Phi) is 4.30. The molecular formula is C14H15FN4O2S. The Bertz CT molecular complexity index is 750. The summed E-state index contributed by atoms with van der Waals surface area (Å²) in [5.74, 6) is 0.381. The van der Waals surface area contributed by atoms with Gasteiger partial charge >= 0.3 is 0 Å². The Morgan fingerprint density at radius 1 is 1.59 bits per heavy atom. The first-order valence-electron chi connectivity index (χ1n) is 6.86. The molecule has 22 heavy (non-hydrogen) atoms. The van der Waals surface area contributed by atoms with Gasteiger partial charge in [0.25, 0.3) is 0 Å². The fourth-order valence-electron chi connectivity index (χ4n) is 2.29. The topological polar surface area (TPSA) is 64.4 Å². The second-order valence-electron chi connectivity index (χ2n) is 4.84. The zero-order valence-corrected chi connectivity index (χ0v) is 12.8. The number of rotatable bonds is 4. The maximum absolute atomic E-state index is 13.7. The Morgan fingerprint density at radius 2 is 2.45 bits per heavy atom. The van der Waals surface area contributed by atoms with Crippen LogP contribution in [-0.4, -0.2) is 34.8 Å². The summed E-state index contributed by atoms with van der Waals surface area (Å²) in [6.45, 7) is 0.706. The third-order valence-corrected chi connectivity index (χ3v) is 3.66. The van der Waals surface area contributed by atoms with Crippen LogP contribution in [0, 0.1) is 10.6 Å². The van der Waals surface area contributed by atoms with E-state index in [2.05, 4.69) is 15.3 Å². The number of aromatic amines is 1. The van der Waals surface area contributed by atoms with Crippen LogP contribution in [0.2, 0.25) is 0 Å². The van der Waals surface area contributed by atoms with Gasteiger partial charge in [0, 0.05) is 6.61 Å². The highest BCUT2D eigenvalue weighted by Gasteiger charge is 2.23. The molecule has 0 saturated carbocycles.